The molecule has 11 nitrogen and oxygen atoms in total. The molecule has 0 aromatic carbocycles. The van der Waals surface area contributed by atoms with Gasteiger partial charge in [0.05, 0.1) is 23.5 Å². The fourth-order valence-corrected chi connectivity index (χ4v) is 7.40. The van der Waals surface area contributed by atoms with Crippen molar-refractivity contribution in [2.75, 3.05) is 29.9 Å². The summed E-state index contributed by atoms with van der Waals surface area (Å²) in [5.74, 6) is 0.538. The number of amides is 2. The van der Waals surface area contributed by atoms with Crippen molar-refractivity contribution in [1.82, 2.24) is 19.4 Å². The van der Waals surface area contributed by atoms with E-state index in [0.29, 0.717) is 25.4 Å². The maximum atomic E-state index is 13.8. The summed E-state index contributed by atoms with van der Waals surface area (Å²) < 4.78 is 13.3. The molecule has 2 amide bonds. The number of aromatic nitrogens is 3. The number of ether oxygens (including phenoxy) is 2. The third-order valence-electron chi connectivity index (χ3n) is 9.38. The number of rotatable bonds is 9. The lowest BCUT2D eigenvalue weighted by Crippen LogP contribution is -2.63. The number of pyridine rings is 1. The molecule has 12 heteroatoms. The molecule has 2 fully saturated rings. The van der Waals surface area contributed by atoms with Crippen LogP contribution in [0.4, 0.5) is 16.3 Å². The number of nitrogens with zero attached hydrogens (tertiary/aromatic N) is 6. The summed E-state index contributed by atoms with van der Waals surface area (Å²) in [6.07, 6.45) is 9.29. The monoisotopic (exact) mass is 675 g/mol. The topological polar surface area (TPSA) is 126 Å². The molecule has 3 aliphatic rings. The summed E-state index contributed by atoms with van der Waals surface area (Å²) in [5.41, 5.74) is 2.28. The van der Waals surface area contributed by atoms with Crippen LogP contribution in [0.25, 0.3) is 5.57 Å². The van der Waals surface area contributed by atoms with E-state index in [1.54, 1.807) is 10.8 Å². The number of fused-ring (bicyclic) bond motifs is 2. The van der Waals surface area contributed by atoms with E-state index in [0.717, 1.165) is 61.7 Å². The van der Waals surface area contributed by atoms with Gasteiger partial charge in [-0.1, -0.05) is 39.6 Å². The van der Waals surface area contributed by atoms with E-state index in [4.69, 9.17) is 14.5 Å². The van der Waals surface area contributed by atoms with Crippen molar-refractivity contribution < 1.29 is 19.1 Å². The minimum Gasteiger partial charge on any atom is -0.444 e. The molecule has 2 atom stereocenters. The van der Waals surface area contributed by atoms with Gasteiger partial charge in [0.25, 0.3) is 5.91 Å². The number of carbonyl (C=O) groups excluding carboxylic acids is 2. The molecule has 48 heavy (non-hydrogen) atoms. The number of hydrogen-bond donors (Lipinski definition) is 1. The zero-order chi connectivity index (χ0) is 34.9. The Morgan fingerprint density at radius 2 is 1.83 bits per heavy atom. The van der Waals surface area contributed by atoms with Crippen molar-refractivity contribution in [2.24, 2.45) is 5.41 Å². The van der Waals surface area contributed by atoms with Gasteiger partial charge in [-0.15, -0.1) is 0 Å². The minimum absolute atomic E-state index is 0.0489. The second kappa shape index (κ2) is 14.0. The number of piperidine rings is 1. The van der Waals surface area contributed by atoms with E-state index in [9.17, 15) is 14.9 Å². The van der Waals surface area contributed by atoms with Crippen molar-refractivity contribution >= 4 is 37.2 Å². The second-order valence-corrected chi connectivity index (χ2v) is 22.1. The molecule has 4 heterocycles. The lowest BCUT2D eigenvalue weighted by Gasteiger charge is -2.50. The Labute approximate surface area is 286 Å². The lowest BCUT2D eigenvalue weighted by atomic mass is 9.77. The molecule has 5 rings (SSSR count). The standard InChI is InChI=1S/C36H53N7O4Si/c1-35(2,3)47-34(45)43-27-10-9-11-28(43)23-41(22-27)30-13-12-29(31(40-30)25-14-16-36(4,5)17-15-25)39-33(44)32-38-26(20-37)21-42(32)24-46-18-19-48(6,7)8/h12-14,21,27-28H,9-11,15-19,22-24H2,1-8H3,(H,39,44). The highest BCUT2D eigenvalue weighted by molar-refractivity contribution is 6.76. The summed E-state index contributed by atoms with van der Waals surface area (Å²) >= 11 is 0. The van der Waals surface area contributed by atoms with E-state index >= 15 is 0 Å². The van der Waals surface area contributed by atoms with Crippen LogP contribution in [0.1, 0.15) is 95.2 Å². The quantitative estimate of drug-likeness (QED) is 0.217. The Balaban J connectivity index is 1.40. The summed E-state index contributed by atoms with van der Waals surface area (Å²) in [5, 5.41) is 12.6. The number of allylic oxidation sites excluding steroid dienone is 2. The third-order valence-corrected chi connectivity index (χ3v) is 11.1. The van der Waals surface area contributed by atoms with E-state index in [-0.39, 0.29) is 41.8 Å². The zero-order valence-electron chi connectivity index (χ0n) is 30.1. The molecule has 1 aliphatic carbocycles. The van der Waals surface area contributed by atoms with Crippen LogP contribution in [0.5, 0.6) is 0 Å². The maximum Gasteiger partial charge on any atom is 0.410 e. The molecule has 1 N–H and O–H groups in total. The van der Waals surface area contributed by atoms with Crippen LogP contribution in [0.2, 0.25) is 25.7 Å². The minimum atomic E-state index is -1.28. The Bertz CT molecular complexity index is 1570. The van der Waals surface area contributed by atoms with Gasteiger partial charge in [0, 0.05) is 34.0 Å². The van der Waals surface area contributed by atoms with E-state index in [1.807, 2.05) is 37.8 Å². The van der Waals surface area contributed by atoms with Crippen LogP contribution in [0.3, 0.4) is 0 Å². The summed E-state index contributed by atoms with van der Waals surface area (Å²) in [6.45, 7) is 19.2. The average molecular weight is 676 g/mol. The van der Waals surface area contributed by atoms with E-state index in [2.05, 4.69) is 60.8 Å². The Kier molecular flexibility index (Phi) is 10.4. The molecule has 0 saturated carbocycles. The maximum absolute atomic E-state index is 13.8. The fraction of sp³-hybridized carbons (Fsp3) is 0.639. The number of piperazine rings is 1. The number of anilines is 2. The molecule has 0 spiro atoms. The predicted molar refractivity (Wildman–Crippen MR) is 191 cm³/mol. The van der Waals surface area contributed by atoms with Crippen molar-refractivity contribution in [3.05, 3.63) is 41.6 Å². The van der Waals surface area contributed by atoms with Crippen LogP contribution in [-0.2, 0) is 16.2 Å². The zero-order valence-corrected chi connectivity index (χ0v) is 31.1. The van der Waals surface area contributed by atoms with Crippen molar-refractivity contribution in [2.45, 2.75) is 123 Å². The third kappa shape index (κ3) is 8.85. The molecule has 2 aliphatic heterocycles. The predicted octanol–water partition coefficient (Wildman–Crippen LogP) is 7.29. The highest BCUT2D eigenvalue weighted by Crippen LogP contribution is 2.40. The van der Waals surface area contributed by atoms with Crippen LogP contribution >= 0.6 is 0 Å². The average Bonchev–Trinajstić information content (AvgIpc) is 3.41. The van der Waals surface area contributed by atoms with Crippen molar-refractivity contribution in [3.8, 4) is 6.07 Å². The first-order chi connectivity index (χ1) is 22.5. The van der Waals surface area contributed by atoms with Crippen molar-refractivity contribution in [1.29, 1.82) is 5.26 Å². The first kappa shape index (κ1) is 35.6. The number of hydrogen-bond acceptors (Lipinski definition) is 8. The fourth-order valence-electron chi connectivity index (χ4n) is 6.64. The van der Waals surface area contributed by atoms with Gasteiger partial charge in [-0.3, -0.25) is 9.69 Å². The molecule has 2 bridgehead atoms. The van der Waals surface area contributed by atoms with Gasteiger partial charge in [-0.25, -0.2) is 14.8 Å². The first-order valence-corrected chi connectivity index (χ1v) is 21.1. The van der Waals surface area contributed by atoms with Crippen LogP contribution in [0, 0.1) is 16.7 Å². The molecule has 2 saturated heterocycles. The first-order valence-electron chi connectivity index (χ1n) is 17.3. The van der Waals surface area contributed by atoms with Gasteiger partial charge in [-0.2, -0.15) is 5.26 Å². The molecular weight excluding hydrogens is 623 g/mol. The van der Waals surface area contributed by atoms with Crippen molar-refractivity contribution in [3.63, 3.8) is 0 Å². The summed E-state index contributed by atoms with van der Waals surface area (Å²) in [4.78, 5) is 40.7. The molecule has 2 aromatic rings. The van der Waals surface area contributed by atoms with Gasteiger partial charge in [-0.05, 0) is 88.5 Å². The van der Waals surface area contributed by atoms with Crippen LogP contribution in [0.15, 0.2) is 24.4 Å². The van der Waals surface area contributed by atoms with Crippen LogP contribution < -0.4 is 10.2 Å². The van der Waals surface area contributed by atoms with Gasteiger partial charge >= 0.3 is 6.09 Å². The van der Waals surface area contributed by atoms with Gasteiger partial charge in [0.15, 0.2) is 5.69 Å². The Morgan fingerprint density at radius 3 is 2.44 bits per heavy atom. The molecule has 2 unspecified atom stereocenters. The van der Waals surface area contributed by atoms with E-state index in [1.165, 1.54) is 0 Å². The number of imidazole rings is 1. The second-order valence-electron chi connectivity index (χ2n) is 16.5. The number of nitriles is 1. The Hall–Kier alpha value is -3.69. The summed E-state index contributed by atoms with van der Waals surface area (Å²) in [7, 11) is -1.28. The summed E-state index contributed by atoms with van der Waals surface area (Å²) in [6, 6.07) is 7.03. The lowest BCUT2D eigenvalue weighted by molar-refractivity contribution is -0.00978. The highest BCUT2D eigenvalue weighted by Gasteiger charge is 2.42. The largest absolute Gasteiger partial charge is 0.444 e. The molecule has 260 valence electrons. The molecular formula is C36H53N7O4Si. The van der Waals surface area contributed by atoms with Gasteiger partial charge in [0.2, 0.25) is 5.82 Å². The smallest absolute Gasteiger partial charge is 0.410 e. The molecule has 0 radical (unpaired) electrons. The normalized spacial score (nSPS) is 20.9. The van der Waals surface area contributed by atoms with Gasteiger partial charge < -0.3 is 24.3 Å². The highest BCUT2D eigenvalue weighted by atomic mass is 28.3. The van der Waals surface area contributed by atoms with Gasteiger partial charge in [0.1, 0.15) is 24.2 Å². The van der Waals surface area contributed by atoms with Crippen LogP contribution in [-0.4, -0.2) is 76.9 Å². The number of carbonyl (C=O) groups is 2. The Morgan fingerprint density at radius 1 is 1.12 bits per heavy atom. The molecule has 2 aromatic heterocycles. The van der Waals surface area contributed by atoms with E-state index < -0.39 is 19.6 Å². The SMILES string of the molecule is CC1(C)CC=C(c2nc(N3CC4CCCC(C3)N4C(=O)OC(C)(C)C)ccc2NC(=O)c2nc(C#N)cn2COCC[Si](C)(C)C)CC1. The number of nitrogens with one attached hydrogen (secondary N) is 1.